The molecule has 1 unspecified atom stereocenters. The first kappa shape index (κ1) is 26.3. The van der Waals surface area contributed by atoms with Crippen molar-refractivity contribution in [3.63, 3.8) is 0 Å². The number of carbonyl (C=O) groups excluding carboxylic acids is 2. The molecule has 3 aromatic rings. The van der Waals surface area contributed by atoms with Gasteiger partial charge in [-0.25, -0.2) is 9.80 Å². The van der Waals surface area contributed by atoms with Crippen LogP contribution in [0, 0.1) is 5.92 Å². The second-order valence-corrected chi connectivity index (χ2v) is 9.26. The summed E-state index contributed by atoms with van der Waals surface area (Å²) < 4.78 is 5.51. The van der Waals surface area contributed by atoms with Gasteiger partial charge in [-0.1, -0.05) is 68.4 Å². The van der Waals surface area contributed by atoms with Crippen molar-refractivity contribution in [3.05, 3.63) is 107 Å². The zero-order chi connectivity index (χ0) is 27.1. The van der Waals surface area contributed by atoms with Crippen LogP contribution in [0.4, 0.5) is 5.69 Å². The Kier molecular flexibility index (Phi) is 8.33. The summed E-state index contributed by atoms with van der Waals surface area (Å²) in [5, 5.41) is 17.6. The molecule has 0 aliphatic carbocycles. The number of carboxylic acids is 1. The molecular formula is C30H29N3O5. The van der Waals surface area contributed by atoms with Crippen LogP contribution in [0.3, 0.4) is 0 Å². The lowest BCUT2D eigenvalue weighted by molar-refractivity contribution is -0.136. The van der Waals surface area contributed by atoms with Crippen LogP contribution >= 0.6 is 0 Å². The van der Waals surface area contributed by atoms with Gasteiger partial charge in [0.25, 0.3) is 5.91 Å². The Balaban J connectivity index is 1.47. The van der Waals surface area contributed by atoms with E-state index in [0.29, 0.717) is 17.1 Å². The largest absolute Gasteiger partial charge is 0.478 e. The van der Waals surface area contributed by atoms with Crippen molar-refractivity contribution in [2.75, 3.05) is 11.9 Å². The van der Waals surface area contributed by atoms with Crippen molar-refractivity contribution in [2.45, 2.75) is 26.3 Å². The first-order valence-electron chi connectivity index (χ1n) is 12.3. The Labute approximate surface area is 221 Å². The lowest BCUT2D eigenvalue weighted by Gasteiger charge is -2.24. The monoisotopic (exact) mass is 511 g/mol. The molecule has 0 radical (unpaired) electrons. The molecule has 0 saturated heterocycles. The van der Waals surface area contributed by atoms with Crippen LogP contribution in [0.25, 0.3) is 6.08 Å². The molecule has 2 N–H and O–H groups in total. The number of nitrogens with one attached hydrogen (secondary N) is 1. The molecule has 0 bridgehead atoms. The molecule has 1 atom stereocenters. The number of rotatable bonds is 9. The van der Waals surface area contributed by atoms with Gasteiger partial charge in [-0.15, -0.1) is 5.10 Å². The molecule has 0 aromatic heterocycles. The average Bonchev–Trinajstić information content (AvgIpc) is 2.90. The third-order valence-corrected chi connectivity index (χ3v) is 6.05. The van der Waals surface area contributed by atoms with E-state index in [1.54, 1.807) is 24.3 Å². The fraction of sp³-hybridized carbons (Fsp3) is 0.200. The summed E-state index contributed by atoms with van der Waals surface area (Å²) in [6.07, 6.45) is 2.53. The van der Waals surface area contributed by atoms with Gasteiger partial charge in [-0.2, -0.15) is 0 Å². The van der Waals surface area contributed by atoms with E-state index in [2.05, 4.69) is 10.4 Å². The topological polar surface area (TPSA) is 108 Å². The molecule has 0 spiro atoms. The van der Waals surface area contributed by atoms with Crippen LogP contribution in [0.2, 0.25) is 0 Å². The van der Waals surface area contributed by atoms with Crippen LogP contribution in [0.5, 0.6) is 0 Å². The number of benzene rings is 3. The van der Waals surface area contributed by atoms with Gasteiger partial charge >= 0.3 is 5.97 Å². The normalized spacial score (nSPS) is 14.2. The number of aliphatic carboxylic acids is 1. The van der Waals surface area contributed by atoms with Crippen molar-refractivity contribution in [3.8, 4) is 0 Å². The van der Waals surface area contributed by atoms with Crippen molar-refractivity contribution in [2.24, 2.45) is 11.0 Å². The van der Waals surface area contributed by atoms with Crippen LogP contribution in [-0.4, -0.2) is 40.4 Å². The predicted molar refractivity (Wildman–Crippen MR) is 145 cm³/mol. The fourth-order valence-electron chi connectivity index (χ4n) is 4.19. The SMILES string of the molecule is CC(C)C(C(=O)Nc1cccc(C=CC(=O)O)c1)c1ccc(CN2N=C(c3ccccc3)OCC2=O)cc1. The zero-order valence-corrected chi connectivity index (χ0v) is 21.2. The van der Waals surface area contributed by atoms with Crippen LogP contribution in [0.15, 0.2) is 90.0 Å². The molecule has 2 amide bonds. The van der Waals surface area contributed by atoms with Crippen LogP contribution in [0.1, 0.15) is 42.0 Å². The van der Waals surface area contributed by atoms with E-state index in [0.717, 1.165) is 22.8 Å². The van der Waals surface area contributed by atoms with Crippen molar-refractivity contribution < 1.29 is 24.2 Å². The maximum Gasteiger partial charge on any atom is 0.328 e. The van der Waals surface area contributed by atoms with Crippen LogP contribution in [-0.2, 0) is 25.7 Å². The summed E-state index contributed by atoms with van der Waals surface area (Å²) >= 11 is 0. The zero-order valence-electron chi connectivity index (χ0n) is 21.2. The highest BCUT2D eigenvalue weighted by Gasteiger charge is 2.26. The van der Waals surface area contributed by atoms with Crippen LogP contribution < -0.4 is 5.32 Å². The summed E-state index contributed by atoms with van der Waals surface area (Å²) in [5.41, 5.74) is 3.79. The van der Waals surface area contributed by atoms with E-state index in [1.807, 2.05) is 68.4 Å². The first-order chi connectivity index (χ1) is 18.3. The summed E-state index contributed by atoms with van der Waals surface area (Å²) in [5.74, 6) is -1.41. The smallest absolute Gasteiger partial charge is 0.328 e. The second-order valence-electron chi connectivity index (χ2n) is 9.26. The summed E-state index contributed by atoms with van der Waals surface area (Å²) in [4.78, 5) is 36.4. The van der Waals surface area contributed by atoms with E-state index >= 15 is 0 Å². The van der Waals surface area contributed by atoms with E-state index in [9.17, 15) is 14.4 Å². The third kappa shape index (κ3) is 6.73. The van der Waals surface area contributed by atoms with Crippen molar-refractivity contribution >= 4 is 35.4 Å². The molecule has 1 aliphatic rings. The Morgan fingerprint density at radius 1 is 1.05 bits per heavy atom. The number of carbonyl (C=O) groups is 3. The van der Waals surface area contributed by atoms with Gasteiger partial charge < -0.3 is 15.2 Å². The van der Waals surface area contributed by atoms with Gasteiger partial charge in [0.1, 0.15) is 0 Å². The maximum atomic E-state index is 13.2. The van der Waals surface area contributed by atoms with Gasteiger partial charge in [0.2, 0.25) is 11.8 Å². The maximum absolute atomic E-state index is 13.2. The predicted octanol–water partition coefficient (Wildman–Crippen LogP) is 4.88. The number of amides is 2. The first-order valence-corrected chi connectivity index (χ1v) is 12.3. The molecule has 8 nitrogen and oxygen atoms in total. The molecule has 0 saturated carbocycles. The highest BCUT2D eigenvalue weighted by atomic mass is 16.5. The minimum Gasteiger partial charge on any atom is -0.478 e. The molecule has 38 heavy (non-hydrogen) atoms. The van der Waals surface area contributed by atoms with Crippen molar-refractivity contribution in [1.29, 1.82) is 0 Å². The highest BCUT2D eigenvalue weighted by Crippen LogP contribution is 2.27. The molecule has 194 valence electrons. The van der Waals surface area contributed by atoms with E-state index < -0.39 is 11.9 Å². The van der Waals surface area contributed by atoms with E-state index in [4.69, 9.17) is 9.84 Å². The molecule has 4 rings (SSSR count). The standard InChI is InChI=1S/C30H29N3O5/c1-20(2)28(29(37)31-25-10-6-7-21(17-25)13-16-27(35)36)23-14-11-22(12-15-23)18-33-26(34)19-38-30(32-33)24-8-4-3-5-9-24/h3-17,20,28H,18-19H2,1-2H3,(H,31,37)(H,35,36). The number of hydrazone groups is 1. The van der Waals surface area contributed by atoms with Gasteiger partial charge in [0.15, 0.2) is 6.61 Å². The minimum absolute atomic E-state index is 0.0230. The number of hydrogen-bond acceptors (Lipinski definition) is 5. The number of ether oxygens (including phenoxy) is 1. The van der Waals surface area contributed by atoms with E-state index in [1.165, 1.54) is 11.1 Å². The second kappa shape index (κ2) is 12.0. The summed E-state index contributed by atoms with van der Waals surface area (Å²) in [7, 11) is 0. The Morgan fingerprint density at radius 2 is 1.79 bits per heavy atom. The van der Waals surface area contributed by atoms with Gasteiger partial charge in [-0.05, 0) is 52.9 Å². The van der Waals surface area contributed by atoms with E-state index in [-0.39, 0.29) is 30.9 Å². The Bertz CT molecular complexity index is 1360. The van der Waals surface area contributed by atoms with Gasteiger partial charge in [0, 0.05) is 17.3 Å². The quantitative estimate of drug-likeness (QED) is 0.398. The highest BCUT2D eigenvalue weighted by molar-refractivity contribution is 5.98. The average molecular weight is 512 g/mol. The lowest BCUT2D eigenvalue weighted by Crippen LogP contribution is -2.36. The van der Waals surface area contributed by atoms with Gasteiger partial charge in [0.05, 0.1) is 12.5 Å². The molecule has 0 fully saturated rings. The fourth-order valence-corrected chi connectivity index (χ4v) is 4.19. The Morgan fingerprint density at radius 3 is 2.47 bits per heavy atom. The lowest BCUT2D eigenvalue weighted by atomic mass is 9.87. The minimum atomic E-state index is -1.04. The number of anilines is 1. The molecular weight excluding hydrogens is 482 g/mol. The molecule has 1 aliphatic heterocycles. The molecule has 8 heteroatoms. The Hall–Kier alpha value is -4.72. The van der Waals surface area contributed by atoms with Crippen molar-refractivity contribution in [1.82, 2.24) is 5.01 Å². The molecule has 1 heterocycles. The summed E-state index contributed by atoms with van der Waals surface area (Å²) in [6, 6.07) is 24.0. The number of nitrogens with zero attached hydrogens (tertiary/aromatic N) is 2. The summed E-state index contributed by atoms with van der Waals surface area (Å²) in [6.45, 7) is 4.18. The number of carboxylic acid groups (broad SMARTS) is 1. The molecule has 3 aromatic carbocycles. The third-order valence-electron chi connectivity index (χ3n) is 6.05. The van der Waals surface area contributed by atoms with Gasteiger partial charge in [-0.3, -0.25) is 9.59 Å². The number of hydrogen-bond donors (Lipinski definition) is 2.